The van der Waals surface area contributed by atoms with Gasteiger partial charge in [0.1, 0.15) is 6.54 Å². The molecule has 3 rings (SSSR count). The van der Waals surface area contributed by atoms with Crippen molar-refractivity contribution < 1.29 is 14.4 Å². The first kappa shape index (κ1) is 12.7. The number of rotatable bonds is 6. The van der Waals surface area contributed by atoms with Crippen LogP contribution in [0.2, 0.25) is 0 Å². The minimum atomic E-state index is -0.893. The zero-order valence-electron chi connectivity index (χ0n) is 10.9. The van der Waals surface area contributed by atoms with Crippen molar-refractivity contribution in [1.29, 1.82) is 0 Å². The first-order valence-corrected chi connectivity index (χ1v) is 6.56. The number of aliphatic carboxylic acids is 1. The van der Waals surface area contributed by atoms with E-state index in [4.69, 9.17) is 9.63 Å². The SMILES string of the molecule is O=C(O)CN(Cc1nc(C2CC2)no1)c1ccccc1. The van der Waals surface area contributed by atoms with Crippen LogP contribution in [0.4, 0.5) is 5.69 Å². The Bertz CT molecular complexity index is 593. The molecule has 20 heavy (non-hydrogen) atoms. The van der Waals surface area contributed by atoms with Gasteiger partial charge in [-0.05, 0) is 25.0 Å². The van der Waals surface area contributed by atoms with Gasteiger partial charge in [-0.2, -0.15) is 4.98 Å². The van der Waals surface area contributed by atoms with Crippen molar-refractivity contribution >= 4 is 11.7 Å². The highest BCUT2D eigenvalue weighted by Gasteiger charge is 2.29. The molecular weight excluding hydrogens is 258 g/mol. The van der Waals surface area contributed by atoms with Gasteiger partial charge in [0.2, 0.25) is 5.89 Å². The van der Waals surface area contributed by atoms with Crippen molar-refractivity contribution in [2.24, 2.45) is 0 Å². The van der Waals surface area contributed by atoms with Gasteiger partial charge in [-0.3, -0.25) is 4.79 Å². The van der Waals surface area contributed by atoms with E-state index >= 15 is 0 Å². The number of benzene rings is 1. The summed E-state index contributed by atoms with van der Waals surface area (Å²) in [5.41, 5.74) is 0.820. The molecule has 2 aromatic rings. The number of nitrogens with zero attached hydrogens (tertiary/aromatic N) is 3. The van der Waals surface area contributed by atoms with E-state index in [9.17, 15) is 4.79 Å². The Morgan fingerprint density at radius 2 is 2.10 bits per heavy atom. The van der Waals surface area contributed by atoms with E-state index in [1.807, 2.05) is 30.3 Å². The molecule has 104 valence electrons. The van der Waals surface area contributed by atoms with Crippen molar-refractivity contribution in [3.8, 4) is 0 Å². The molecule has 0 amide bonds. The maximum atomic E-state index is 11.0. The molecule has 0 aliphatic heterocycles. The van der Waals surface area contributed by atoms with Crippen molar-refractivity contribution in [1.82, 2.24) is 10.1 Å². The Kier molecular flexibility index (Phi) is 3.37. The maximum Gasteiger partial charge on any atom is 0.323 e. The molecule has 1 aromatic heterocycles. The van der Waals surface area contributed by atoms with Crippen LogP contribution in [0.5, 0.6) is 0 Å². The van der Waals surface area contributed by atoms with E-state index in [-0.39, 0.29) is 6.54 Å². The number of carboxylic acids is 1. The molecule has 0 saturated heterocycles. The second kappa shape index (κ2) is 5.32. The maximum absolute atomic E-state index is 11.0. The minimum absolute atomic E-state index is 0.106. The zero-order chi connectivity index (χ0) is 13.9. The highest BCUT2D eigenvalue weighted by atomic mass is 16.5. The van der Waals surface area contributed by atoms with Gasteiger partial charge in [0.05, 0.1) is 6.54 Å². The largest absolute Gasteiger partial charge is 0.480 e. The second-order valence-corrected chi connectivity index (χ2v) is 4.91. The number of aromatic nitrogens is 2. The number of hydrogen-bond donors (Lipinski definition) is 1. The molecule has 1 fully saturated rings. The van der Waals surface area contributed by atoms with Crippen molar-refractivity contribution in [2.45, 2.75) is 25.3 Å². The van der Waals surface area contributed by atoms with Crippen LogP contribution < -0.4 is 4.90 Å². The summed E-state index contributed by atoms with van der Waals surface area (Å²) < 4.78 is 5.20. The van der Waals surface area contributed by atoms with Crippen molar-refractivity contribution in [3.05, 3.63) is 42.0 Å². The van der Waals surface area contributed by atoms with Gasteiger partial charge in [-0.25, -0.2) is 0 Å². The van der Waals surface area contributed by atoms with Gasteiger partial charge in [0.25, 0.3) is 0 Å². The lowest BCUT2D eigenvalue weighted by Gasteiger charge is -2.20. The topological polar surface area (TPSA) is 79.5 Å². The highest BCUT2D eigenvalue weighted by Crippen LogP contribution is 2.38. The van der Waals surface area contributed by atoms with Gasteiger partial charge in [0, 0.05) is 11.6 Å². The summed E-state index contributed by atoms with van der Waals surface area (Å²) in [6, 6.07) is 9.35. The average Bonchev–Trinajstić information content (AvgIpc) is 3.19. The molecule has 1 heterocycles. The van der Waals surface area contributed by atoms with Gasteiger partial charge in [-0.15, -0.1) is 0 Å². The third-order valence-electron chi connectivity index (χ3n) is 3.20. The molecule has 1 aromatic carbocycles. The first-order valence-electron chi connectivity index (χ1n) is 6.56. The molecule has 0 radical (unpaired) electrons. The van der Waals surface area contributed by atoms with E-state index in [2.05, 4.69) is 10.1 Å². The van der Waals surface area contributed by atoms with Crippen LogP contribution in [0.15, 0.2) is 34.9 Å². The molecule has 0 spiro atoms. The normalized spacial score (nSPS) is 14.2. The number of para-hydroxylation sites is 1. The third-order valence-corrected chi connectivity index (χ3v) is 3.20. The van der Waals surface area contributed by atoms with Crippen molar-refractivity contribution in [3.63, 3.8) is 0 Å². The standard InChI is InChI=1S/C14H15N3O3/c18-13(19)9-17(11-4-2-1-3-5-11)8-12-15-14(16-20-12)10-6-7-10/h1-5,10H,6-9H2,(H,18,19). The van der Waals surface area contributed by atoms with E-state index in [1.54, 1.807) is 4.90 Å². The summed E-state index contributed by atoms with van der Waals surface area (Å²) in [5.74, 6) is 0.730. The van der Waals surface area contributed by atoms with Gasteiger partial charge >= 0.3 is 5.97 Å². The number of carboxylic acid groups (broad SMARTS) is 1. The molecule has 1 N–H and O–H groups in total. The van der Waals surface area contributed by atoms with E-state index in [0.29, 0.717) is 18.4 Å². The van der Waals surface area contributed by atoms with Gasteiger partial charge < -0.3 is 14.5 Å². The monoisotopic (exact) mass is 273 g/mol. The van der Waals surface area contributed by atoms with E-state index in [0.717, 1.165) is 24.4 Å². The second-order valence-electron chi connectivity index (χ2n) is 4.91. The Morgan fingerprint density at radius 3 is 2.75 bits per heavy atom. The van der Waals surface area contributed by atoms with Crippen LogP contribution in [0.25, 0.3) is 0 Å². The zero-order valence-corrected chi connectivity index (χ0v) is 10.9. The third kappa shape index (κ3) is 2.96. The van der Waals surface area contributed by atoms with Gasteiger partial charge in [0.15, 0.2) is 5.82 Å². The molecule has 0 unspecified atom stereocenters. The lowest BCUT2D eigenvalue weighted by molar-refractivity contribution is -0.135. The summed E-state index contributed by atoms with van der Waals surface area (Å²) in [5, 5.41) is 13.0. The fourth-order valence-electron chi connectivity index (χ4n) is 2.04. The van der Waals surface area contributed by atoms with Crippen LogP contribution in [0.1, 0.15) is 30.5 Å². The lowest BCUT2D eigenvalue weighted by Crippen LogP contribution is -2.29. The van der Waals surface area contributed by atoms with Crippen LogP contribution in [0, 0.1) is 0 Å². The number of hydrogen-bond acceptors (Lipinski definition) is 5. The highest BCUT2D eigenvalue weighted by molar-refractivity contribution is 5.73. The predicted octanol–water partition coefficient (Wildman–Crippen LogP) is 2.04. The molecular formula is C14H15N3O3. The molecule has 1 aliphatic rings. The van der Waals surface area contributed by atoms with Crippen LogP contribution in [0.3, 0.4) is 0 Å². The summed E-state index contributed by atoms with van der Waals surface area (Å²) >= 11 is 0. The number of anilines is 1. The minimum Gasteiger partial charge on any atom is -0.480 e. The fraction of sp³-hybridized carbons (Fsp3) is 0.357. The first-order chi connectivity index (χ1) is 9.72. The summed E-state index contributed by atoms with van der Waals surface area (Å²) in [6.45, 7) is 0.196. The average molecular weight is 273 g/mol. The van der Waals surface area contributed by atoms with Gasteiger partial charge in [-0.1, -0.05) is 23.4 Å². The molecule has 1 saturated carbocycles. The van der Waals surface area contributed by atoms with Crippen molar-refractivity contribution in [2.75, 3.05) is 11.4 Å². The summed E-state index contributed by atoms with van der Waals surface area (Å²) in [4.78, 5) is 17.0. The smallest absolute Gasteiger partial charge is 0.323 e. The Hall–Kier alpha value is -2.37. The molecule has 1 aliphatic carbocycles. The Morgan fingerprint density at radius 1 is 1.35 bits per heavy atom. The summed E-state index contributed by atoms with van der Waals surface area (Å²) in [7, 11) is 0. The molecule has 6 heteroatoms. The fourth-order valence-corrected chi connectivity index (χ4v) is 2.04. The van der Waals surface area contributed by atoms with Crippen LogP contribution in [-0.2, 0) is 11.3 Å². The summed E-state index contributed by atoms with van der Waals surface area (Å²) in [6.07, 6.45) is 2.22. The number of carbonyl (C=O) groups is 1. The van der Waals surface area contributed by atoms with E-state index < -0.39 is 5.97 Å². The molecule has 6 nitrogen and oxygen atoms in total. The van der Waals surface area contributed by atoms with Crippen LogP contribution in [-0.4, -0.2) is 27.8 Å². The predicted molar refractivity (Wildman–Crippen MR) is 71.4 cm³/mol. The van der Waals surface area contributed by atoms with E-state index in [1.165, 1.54) is 0 Å². The Balaban J connectivity index is 1.76. The quantitative estimate of drug-likeness (QED) is 0.867. The van der Waals surface area contributed by atoms with Crippen LogP contribution >= 0.6 is 0 Å². The Labute approximate surface area is 116 Å². The molecule has 0 atom stereocenters. The lowest BCUT2D eigenvalue weighted by atomic mass is 10.3. The molecule has 0 bridgehead atoms.